The number of carbonyl (C=O) groups excluding carboxylic acids is 2. The van der Waals surface area contributed by atoms with Crippen LogP contribution < -0.4 is 14.8 Å². The van der Waals surface area contributed by atoms with Gasteiger partial charge < -0.3 is 19.5 Å². The first-order chi connectivity index (χ1) is 14.5. The number of hydrogen-bond acceptors (Lipinski definition) is 6. The van der Waals surface area contributed by atoms with Crippen LogP contribution in [0.25, 0.3) is 11.1 Å². The van der Waals surface area contributed by atoms with Crippen LogP contribution in [-0.4, -0.2) is 32.7 Å². The zero-order chi connectivity index (χ0) is 21.7. The lowest BCUT2D eigenvalue weighted by Crippen LogP contribution is -2.15. The molecule has 1 amide bonds. The number of esters is 1. The van der Waals surface area contributed by atoms with Crippen LogP contribution in [-0.2, 0) is 4.74 Å². The number of carbonyl (C=O) groups is 2. The Kier molecular flexibility index (Phi) is 6.74. The molecule has 0 radical (unpaired) electrons. The van der Waals surface area contributed by atoms with E-state index in [1.807, 2.05) is 30.5 Å². The van der Waals surface area contributed by atoms with Crippen LogP contribution in [0.15, 0.2) is 47.8 Å². The Morgan fingerprint density at radius 3 is 2.43 bits per heavy atom. The normalized spacial score (nSPS) is 10.4. The van der Waals surface area contributed by atoms with Crippen LogP contribution in [0.4, 0.5) is 5.00 Å². The standard InChI is InChI=1S/C23H23NO5S/c1-5-29-23(26)20-17(15-10-11-18(27-3)19(12-15)28-4)13-30-22(20)24-21(25)16-9-7-6-8-14(16)2/h6-13H,5H2,1-4H3,(H,24,25). The zero-order valence-corrected chi connectivity index (χ0v) is 18.1. The van der Waals surface area contributed by atoms with E-state index < -0.39 is 5.97 Å². The summed E-state index contributed by atoms with van der Waals surface area (Å²) in [6.45, 7) is 3.84. The summed E-state index contributed by atoms with van der Waals surface area (Å²) in [4.78, 5) is 25.6. The van der Waals surface area contributed by atoms with E-state index in [0.717, 1.165) is 11.1 Å². The molecule has 3 aromatic rings. The van der Waals surface area contributed by atoms with Crippen molar-refractivity contribution in [3.63, 3.8) is 0 Å². The molecular formula is C23H23NO5S. The van der Waals surface area contributed by atoms with Gasteiger partial charge in [-0.1, -0.05) is 24.3 Å². The third kappa shape index (κ3) is 4.31. The average Bonchev–Trinajstić information content (AvgIpc) is 3.17. The van der Waals surface area contributed by atoms with Gasteiger partial charge >= 0.3 is 5.97 Å². The molecule has 0 atom stereocenters. The van der Waals surface area contributed by atoms with E-state index >= 15 is 0 Å². The van der Waals surface area contributed by atoms with Crippen molar-refractivity contribution in [1.82, 2.24) is 0 Å². The maximum absolute atomic E-state index is 12.8. The fourth-order valence-corrected chi connectivity index (χ4v) is 4.02. The number of anilines is 1. The number of nitrogens with one attached hydrogen (secondary N) is 1. The lowest BCUT2D eigenvalue weighted by molar-refractivity contribution is 0.0529. The van der Waals surface area contributed by atoms with Gasteiger partial charge in [0.1, 0.15) is 10.6 Å². The van der Waals surface area contributed by atoms with Gasteiger partial charge in [0.15, 0.2) is 11.5 Å². The first-order valence-electron chi connectivity index (χ1n) is 9.38. The lowest BCUT2D eigenvalue weighted by Gasteiger charge is -2.12. The number of methoxy groups -OCH3 is 2. The summed E-state index contributed by atoms with van der Waals surface area (Å²) in [5.74, 6) is 0.353. The Morgan fingerprint density at radius 2 is 1.77 bits per heavy atom. The van der Waals surface area contributed by atoms with Crippen LogP contribution in [0.1, 0.15) is 33.2 Å². The fourth-order valence-electron chi connectivity index (χ4n) is 3.07. The summed E-state index contributed by atoms with van der Waals surface area (Å²) in [5.41, 5.74) is 3.12. The average molecular weight is 426 g/mol. The minimum absolute atomic E-state index is 0.227. The molecule has 156 valence electrons. The topological polar surface area (TPSA) is 73.9 Å². The molecule has 3 rings (SSSR count). The Bertz CT molecular complexity index is 1070. The molecule has 30 heavy (non-hydrogen) atoms. The number of hydrogen-bond donors (Lipinski definition) is 1. The number of rotatable bonds is 7. The minimum atomic E-state index is -0.497. The van der Waals surface area contributed by atoms with Crippen molar-refractivity contribution < 1.29 is 23.8 Å². The van der Waals surface area contributed by atoms with Gasteiger partial charge in [-0.25, -0.2) is 4.79 Å². The summed E-state index contributed by atoms with van der Waals surface area (Å²) in [5, 5.41) is 5.13. The van der Waals surface area contributed by atoms with Gasteiger partial charge in [-0.05, 0) is 43.2 Å². The molecule has 7 heteroatoms. The molecule has 1 aromatic heterocycles. The second kappa shape index (κ2) is 9.45. The minimum Gasteiger partial charge on any atom is -0.493 e. The van der Waals surface area contributed by atoms with Crippen molar-refractivity contribution in [1.29, 1.82) is 0 Å². The largest absolute Gasteiger partial charge is 0.493 e. The Morgan fingerprint density at radius 1 is 1.03 bits per heavy atom. The summed E-state index contributed by atoms with van der Waals surface area (Å²) < 4.78 is 15.9. The Hall–Kier alpha value is -3.32. The lowest BCUT2D eigenvalue weighted by atomic mass is 10.0. The fraction of sp³-hybridized carbons (Fsp3) is 0.217. The van der Waals surface area contributed by atoms with Crippen LogP contribution >= 0.6 is 11.3 Å². The molecule has 0 saturated heterocycles. The molecule has 0 aliphatic carbocycles. The number of aryl methyl sites for hydroxylation is 1. The van der Waals surface area contributed by atoms with E-state index in [1.54, 1.807) is 45.4 Å². The van der Waals surface area contributed by atoms with Gasteiger partial charge in [0.05, 0.1) is 20.8 Å². The third-order valence-electron chi connectivity index (χ3n) is 4.58. The van der Waals surface area contributed by atoms with E-state index in [1.165, 1.54) is 11.3 Å². The van der Waals surface area contributed by atoms with Crippen LogP contribution in [0.3, 0.4) is 0 Å². The van der Waals surface area contributed by atoms with Gasteiger partial charge in [-0.2, -0.15) is 0 Å². The summed E-state index contributed by atoms with van der Waals surface area (Å²) in [6.07, 6.45) is 0. The summed E-state index contributed by atoms with van der Waals surface area (Å²) in [6, 6.07) is 12.7. The van der Waals surface area contributed by atoms with E-state index in [9.17, 15) is 9.59 Å². The van der Waals surface area contributed by atoms with Crippen LogP contribution in [0.2, 0.25) is 0 Å². The highest BCUT2D eigenvalue weighted by molar-refractivity contribution is 7.15. The quantitative estimate of drug-likeness (QED) is 0.529. The predicted molar refractivity (Wildman–Crippen MR) is 118 cm³/mol. The van der Waals surface area contributed by atoms with Crippen molar-refractivity contribution in [2.45, 2.75) is 13.8 Å². The molecule has 0 saturated carbocycles. The van der Waals surface area contributed by atoms with Crippen LogP contribution in [0.5, 0.6) is 11.5 Å². The van der Waals surface area contributed by atoms with Crippen molar-refractivity contribution >= 4 is 28.2 Å². The first kappa shape index (κ1) is 21.4. The summed E-state index contributed by atoms with van der Waals surface area (Å²) >= 11 is 1.27. The van der Waals surface area contributed by atoms with E-state index in [4.69, 9.17) is 14.2 Å². The smallest absolute Gasteiger partial charge is 0.341 e. The zero-order valence-electron chi connectivity index (χ0n) is 17.3. The molecule has 0 aliphatic heterocycles. The van der Waals surface area contributed by atoms with Crippen molar-refractivity contribution in [3.8, 4) is 22.6 Å². The highest BCUT2D eigenvalue weighted by atomic mass is 32.1. The Balaban J connectivity index is 2.04. The molecule has 0 aliphatic rings. The highest BCUT2D eigenvalue weighted by Gasteiger charge is 2.24. The van der Waals surface area contributed by atoms with Crippen molar-refractivity contribution in [3.05, 3.63) is 64.5 Å². The van der Waals surface area contributed by atoms with E-state index in [-0.39, 0.29) is 12.5 Å². The molecule has 0 unspecified atom stereocenters. The molecule has 2 aromatic carbocycles. The van der Waals surface area contributed by atoms with E-state index in [0.29, 0.717) is 33.2 Å². The van der Waals surface area contributed by atoms with E-state index in [2.05, 4.69) is 5.32 Å². The van der Waals surface area contributed by atoms with Gasteiger partial charge in [-0.3, -0.25) is 4.79 Å². The van der Waals surface area contributed by atoms with Crippen molar-refractivity contribution in [2.75, 3.05) is 26.1 Å². The van der Waals surface area contributed by atoms with Crippen LogP contribution in [0, 0.1) is 6.92 Å². The molecule has 0 bridgehead atoms. The molecular weight excluding hydrogens is 402 g/mol. The number of benzene rings is 2. The molecule has 6 nitrogen and oxygen atoms in total. The number of thiophene rings is 1. The van der Waals surface area contributed by atoms with Crippen molar-refractivity contribution in [2.24, 2.45) is 0 Å². The number of ether oxygens (including phenoxy) is 3. The van der Waals surface area contributed by atoms with Gasteiger partial charge in [0, 0.05) is 16.5 Å². The molecule has 0 fully saturated rings. The van der Waals surface area contributed by atoms with Gasteiger partial charge in [-0.15, -0.1) is 11.3 Å². The third-order valence-corrected chi connectivity index (χ3v) is 5.48. The maximum Gasteiger partial charge on any atom is 0.341 e. The highest BCUT2D eigenvalue weighted by Crippen LogP contribution is 2.39. The molecule has 1 heterocycles. The van der Waals surface area contributed by atoms with Gasteiger partial charge in [0.2, 0.25) is 0 Å². The molecule has 0 spiro atoms. The second-order valence-corrected chi connectivity index (χ2v) is 7.29. The molecule has 1 N–H and O–H groups in total. The SMILES string of the molecule is CCOC(=O)c1c(-c2ccc(OC)c(OC)c2)csc1NC(=O)c1ccccc1C. The first-order valence-corrected chi connectivity index (χ1v) is 10.3. The predicted octanol–water partition coefficient (Wildman–Crippen LogP) is 5.17. The number of amides is 1. The Labute approximate surface area is 179 Å². The summed E-state index contributed by atoms with van der Waals surface area (Å²) in [7, 11) is 3.11. The second-order valence-electron chi connectivity index (χ2n) is 6.41. The monoisotopic (exact) mass is 425 g/mol. The maximum atomic E-state index is 12.8. The van der Waals surface area contributed by atoms with Gasteiger partial charge in [0.25, 0.3) is 5.91 Å².